The van der Waals surface area contributed by atoms with E-state index in [1.165, 1.54) is 92.2 Å². The van der Waals surface area contributed by atoms with Gasteiger partial charge in [0.05, 0.1) is 5.69 Å². The maximum atomic E-state index is 4.72. The molecule has 9 rings (SSSR count). The summed E-state index contributed by atoms with van der Waals surface area (Å²) >= 11 is 0. The first-order chi connectivity index (χ1) is 23.8. The number of aromatic nitrogens is 1. The Bertz CT molecular complexity index is 2310. The van der Waals surface area contributed by atoms with Crippen LogP contribution >= 0.6 is 0 Å². The van der Waals surface area contributed by atoms with Gasteiger partial charge >= 0.3 is 0 Å². The van der Waals surface area contributed by atoms with Crippen molar-refractivity contribution in [3.8, 4) is 33.5 Å². The zero-order valence-electron chi connectivity index (χ0n) is 27.1. The largest absolute Gasteiger partial charge is 0.687 e. The predicted octanol–water partition coefficient (Wildman–Crippen LogP) is 12.9. The summed E-state index contributed by atoms with van der Waals surface area (Å²) in [5, 5.41) is 12.0. The molecular formula is C46H37N2-. The number of hydrogen-bond donors (Lipinski definition) is 0. The monoisotopic (exact) mass is 617 g/mol. The van der Waals surface area contributed by atoms with Crippen molar-refractivity contribution in [2.24, 2.45) is 0 Å². The van der Waals surface area contributed by atoms with Crippen LogP contribution in [0.5, 0.6) is 0 Å². The summed E-state index contributed by atoms with van der Waals surface area (Å²) in [4.78, 5) is 4.72. The molecular weight excluding hydrogens is 581 g/mol. The fourth-order valence-electron chi connectivity index (χ4n) is 8.04. The Morgan fingerprint density at radius 3 is 1.79 bits per heavy atom. The molecule has 2 heteroatoms. The molecule has 2 nitrogen and oxygen atoms in total. The van der Waals surface area contributed by atoms with Crippen molar-refractivity contribution >= 4 is 37.9 Å². The van der Waals surface area contributed by atoms with E-state index < -0.39 is 0 Å². The highest BCUT2D eigenvalue weighted by Gasteiger charge is 2.19. The first kappa shape index (κ1) is 28.7. The summed E-state index contributed by atoms with van der Waals surface area (Å²) in [7, 11) is 0. The van der Waals surface area contributed by atoms with Crippen LogP contribution < -0.4 is 0 Å². The molecule has 0 bridgehead atoms. The van der Waals surface area contributed by atoms with Crippen LogP contribution in [0.25, 0.3) is 76.7 Å². The van der Waals surface area contributed by atoms with E-state index in [-0.39, 0.29) is 0 Å². The number of rotatable bonds is 5. The highest BCUT2D eigenvalue weighted by molar-refractivity contribution is 6.21. The third-order valence-corrected chi connectivity index (χ3v) is 10.5. The fourth-order valence-corrected chi connectivity index (χ4v) is 8.04. The molecule has 232 valence electrons. The Hall–Kier alpha value is -5.47. The van der Waals surface area contributed by atoms with Crippen molar-refractivity contribution in [3.05, 3.63) is 162 Å². The normalized spacial score (nSPS) is 15.1. The highest BCUT2D eigenvalue weighted by atomic mass is 14.8. The lowest BCUT2D eigenvalue weighted by atomic mass is 9.82. The Labute approximate surface area is 282 Å². The first-order valence-electron chi connectivity index (χ1n) is 17.4. The Kier molecular flexibility index (Phi) is 7.35. The van der Waals surface area contributed by atoms with E-state index in [0.717, 1.165) is 28.9 Å². The second kappa shape index (κ2) is 12.3. The average Bonchev–Trinajstić information content (AvgIpc) is 3.17. The van der Waals surface area contributed by atoms with Crippen molar-refractivity contribution < 1.29 is 0 Å². The molecule has 0 spiro atoms. The van der Waals surface area contributed by atoms with Gasteiger partial charge < -0.3 is 5.32 Å². The molecule has 2 heterocycles. The van der Waals surface area contributed by atoms with E-state index in [9.17, 15) is 0 Å². The third kappa shape index (κ3) is 5.18. The number of benzene rings is 6. The van der Waals surface area contributed by atoms with Crippen molar-refractivity contribution in [1.82, 2.24) is 4.98 Å². The summed E-state index contributed by atoms with van der Waals surface area (Å²) in [6, 6.07) is 45.3. The Morgan fingerprint density at radius 1 is 0.542 bits per heavy atom. The van der Waals surface area contributed by atoms with Crippen LogP contribution in [-0.2, 0) is 0 Å². The molecule has 0 radical (unpaired) electrons. The summed E-state index contributed by atoms with van der Waals surface area (Å²) in [6.07, 6.45) is 14.8. The number of hydrogen-bond acceptors (Lipinski definition) is 1. The van der Waals surface area contributed by atoms with Gasteiger partial charge in [-0.25, -0.2) is 0 Å². The van der Waals surface area contributed by atoms with E-state index >= 15 is 0 Å². The molecule has 1 aromatic heterocycles. The second-order valence-electron chi connectivity index (χ2n) is 13.4. The number of allylic oxidation sites excluding steroid dienone is 2. The van der Waals surface area contributed by atoms with Gasteiger partial charge in [-0.2, -0.15) is 6.20 Å². The molecule has 1 saturated carbocycles. The summed E-state index contributed by atoms with van der Waals surface area (Å²) < 4.78 is 0. The van der Waals surface area contributed by atoms with Crippen LogP contribution in [0.3, 0.4) is 0 Å². The van der Waals surface area contributed by atoms with Crippen LogP contribution in [-0.4, -0.2) is 11.5 Å². The van der Waals surface area contributed by atoms with Crippen LogP contribution in [0, 0.1) is 0 Å². The third-order valence-electron chi connectivity index (χ3n) is 10.5. The minimum absolute atomic E-state index is 0.710. The molecule has 0 saturated heterocycles. The lowest BCUT2D eigenvalue weighted by Crippen LogP contribution is -2.04. The molecule has 2 aliphatic rings. The minimum atomic E-state index is 0.710. The highest BCUT2D eigenvalue weighted by Crippen LogP contribution is 2.44. The van der Waals surface area contributed by atoms with Gasteiger partial charge in [0, 0.05) is 11.8 Å². The van der Waals surface area contributed by atoms with Crippen molar-refractivity contribution in [2.75, 3.05) is 6.54 Å². The summed E-state index contributed by atoms with van der Waals surface area (Å²) in [6.45, 7) is 0.748. The van der Waals surface area contributed by atoms with Gasteiger partial charge in [-0.15, -0.1) is 12.6 Å². The number of fused-ring (bicyclic) bond motifs is 3. The molecule has 1 aliphatic heterocycles. The lowest BCUT2D eigenvalue weighted by Gasteiger charge is -2.22. The van der Waals surface area contributed by atoms with Gasteiger partial charge in [-0.1, -0.05) is 122 Å². The van der Waals surface area contributed by atoms with E-state index in [0.29, 0.717) is 5.92 Å². The SMILES string of the molecule is C1=CC(c2ccnc(-c3ccc4cc(-c5c6ccccc6c(-c6ccc(C7CCCCC7)cc6)c6ccccc56)ccc4c3)c2)=C[N-]C1. The molecule has 7 aromatic rings. The van der Waals surface area contributed by atoms with Gasteiger partial charge in [-0.05, 0) is 114 Å². The van der Waals surface area contributed by atoms with Gasteiger partial charge in [0.1, 0.15) is 0 Å². The van der Waals surface area contributed by atoms with E-state index in [4.69, 9.17) is 4.98 Å². The van der Waals surface area contributed by atoms with Gasteiger partial charge in [0.25, 0.3) is 0 Å². The molecule has 0 unspecified atom stereocenters. The standard InChI is InChI=1S/C46H37N2/c1-2-9-31(10-3-1)32-16-18-33(19-17-32)45-40-12-4-6-14-42(40)46(43-15-7-5-13-41(43)45)38-23-21-34-27-37(22-20-35(34)28-38)44-29-36(24-26-48-44)39-11-8-25-47-30-39/h4-8,11-24,26-31H,1-3,9-10,25H2/q-1. The van der Waals surface area contributed by atoms with Gasteiger partial charge in [-0.3, -0.25) is 4.98 Å². The minimum Gasteiger partial charge on any atom is -0.687 e. The smallest absolute Gasteiger partial charge is 0.0708 e. The van der Waals surface area contributed by atoms with Crippen molar-refractivity contribution in [3.63, 3.8) is 0 Å². The van der Waals surface area contributed by atoms with Crippen LogP contribution in [0.15, 0.2) is 146 Å². The van der Waals surface area contributed by atoms with Crippen LogP contribution in [0.4, 0.5) is 0 Å². The summed E-state index contributed by atoms with van der Waals surface area (Å²) in [5.41, 5.74) is 11.0. The van der Waals surface area contributed by atoms with Crippen molar-refractivity contribution in [2.45, 2.75) is 38.0 Å². The molecule has 0 N–H and O–H groups in total. The molecule has 0 amide bonds. The van der Waals surface area contributed by atoms with E-state index in [1.54, 1.807) is 0 Å². The van der Waals surface area contributed by atoms with Crippen LogP contribution in [0.1, 0.15) is 49.1 Å². The molecule has 0 atom stereocenters. The predicted molar refractivity (Wildman–Crippen MR) is 204 cm³/mol. The second-order valence-corrected chi connectivity index (χ2v) is 13.4. The zero-order chi connectivity index (χ0) is 31.9. The zero-order valence-corrected chi connectivity index (χ0v) is 27.1. The lowest BCUT2D eigenvalue weighted by molar-refractivity contribution is 0.443. The topological polar surface area (TPSA) is 27.0 Å². The Morgan fingerprint density at radius 2 is 1.15 bits per heavy atom. The molecule has 48 heavy (non-hydrogen) atoms. The first-order valence-corrected chi connectivity index (χ1v) is 17.4. The maximum absolute atomic E-state index is 4.72. The summed E-state index contributed by atoms with van der Waals surface area (Å²) in [5.74, 6) is 0.710. The van der Waals surface area contributed by atoms with E-state index in [1.807, 2.05) is 12.4 Å². The average molecular weight is 618 g/mol. The number of pyridine rings is 1. The maximum Gasteiger partial charge on any atom is 0.0708 e. The number of nitrogens with zero attached hydrogens (tertiary/aromatic N) is 2. The quantitative estimate of drug-likeness (QED) is 0.177. The Balaban J connectivity index is 1.14. The van der Waals surface area contributed by atoms with Crippen LogP contribution in [0.2, 0.25) is 0 Å². The van der Waals surface area contributed by atoms with Crippen molar-refractivity contribution in [1.29, 1.82) is 0 Å². The van der Waals surface area contributed by atoms with Gasteiger partial charge in [0.2, 0.25) is 0 Å². The van der Waals surface area contributed by atoms with Gasteiger partial charge in [0.15, 0.2) is 0 Å². The molecule has 6 aromatic carbocycles. The molecule has 1 aliphatic carbocycles. The van der Waals surface area contributed by atoms with E-state index in [2.05, 4.69) is 139 Å². The molecule has 1 fully saturated rings. The fraction of sp³-hybridized carbons (Fsp3) is 0.152.